The number of hydrogen-bond acceptors (Lipinski definition) is 4. The molecule has 0 atom stereocenters. The number of carbonyl (C=O) groups excluding carboxylic acids is 2. The van der Waals surface area contributed by atoms with Crippen LogP contribution in [-0.4, -0.2) is 21.8 Å². The van der Waals surface area contributed by atoms with Crippen LogP contribution in [0.1, 0.15) is 32.6 Å². The van der Waals surface area contributed by atoms with Crippen molar-refractivity contribution < 1.29 is 9.59 Å². The van der Waals surface area contributed by atoms with E-state index in [0.717, 1.165) is 27.9 Å². The molecule has 0 fully saturated rings. The fraction of sp³-hybridized carbons (Fsp3) is 0.111. The van der Waals surface area contributed by atoms with Crippen LogP contribution < -0.4 is 10.6 Å². The molecule has 0 saturated heterocycles. The highest BCUT2D eigenvalue weighted by molar-refractivity contribution is 6.06. The molecule has 33 heavy (non-hydrogen) atoms. The van der Waals surface area contributed by atoms with E-state index in [1.165, 1.54) is 0 Å². The first-order valence-electron chi connectivity index (χ1n) is 10.7. The van der Waals surface area contributed by atoms with E-state index in [2.05, 4.69) is 20.6 Å². The van der Waals surface area contributed by atoms with E-state index in [1.807, 2.05) is 55.6 Å². The van der Waals surface area contributed by atoms with E-state index in [0.29, 0.717) is 17.7 Å². The van der Waals surface area contributed by atoms with Crippen LogP contribution in [0.5, 0.6) is 0 Å². The molecule has 0 radical (unpaired) electrons. The van der Waals surface area contributed by atoms with Gasteiger partial charge in [-0.1, -0.05) is 30.3 Å². The Bertz CT molecular complexity index is 1260. The number of carbonyl (C=O) groups is 2. The highest BCUT2D eigenvalue weighted by Crippen LogP contribution is 2.22. The Kier molecular flexibility index (Phi) is 6.85. The zero-order chi connectivity index (χ0) is 23.0. The highest BCUT2D eigenvalue weighted by Gasteiger charge is 2.13. The molecule has 0 unspecified atom stereocenters. The smallest absolute Gasteiger partial charge is 0.255 e. The van der Waals surface area contributed by atoms with Gasteiger partial charge >= 0.3 is 0 Å². The van der Waals surface area contributed by atoms with E-state index in [9.17, 15) is 9.59 Å². The molecule has 0 bridgehead atoms. The Morgan fingerprint density at radius 1 is 0.788 bits per heavy atom. The Balaban J connectivity index is 1.48. The van der Waals surface area contributed by atoms with Gasteiger partial charge in [0.25, 0.3) is 5.91 Å². The fourth-order valence-corrected chi connectivity index (χ4v) is 3.49. The van der Waals surface area contributed by atoms with Crippen LogP contribution in [0.3, 0.4) is 0 Å². The summed E-state index contributed by atoms with van der Waals surface area (Å²) in [5.74, 6) is -0.387. The van der Waals surface area contributed by atoms with Crippen molar-refractivity contribution in [1.82, 2.24) is 9.97 Å². The van der Waals surface area contributed by atoms with Gasteiger partial charge in [-0.15, -0.1) is 0 Å². The van der Waals surface area contributed by atoms with Gasteiger partial charge in [0, 0.05) is 48.1 Å². The summed E-state index contributed by atoms with van der Waals surface area (Å²) in [6.45, 7) is 1.90. The van der Waals surface area contributed by atoms with Gasteiger partial charge in [-0.05, 0) is 65.6 Å². The molecule has 2 N–H and O–H groups in total. The van der Waals surface area contributed by atoms with E-state index in [4.69, 9.17) is 0 Å². The molecule has 4 aromatic rings. The number of anilines is 2. The zero-order valence-electron chi connectivity index (χ0n) is 18.3. The Morgan fingerprint density at radius 3 is 2.39 bits per heavy atom. The predicted octanol–water partition coefficient (Wildman–Crippen LogP) is 4.81. The third-order valence-electron chi connectivity index (χ3n) is 5.27. The summed E-state index contributed by atoms with van der Waals surface area (Å²) < 4.78 is 0. The lowest BCUT2D eigenvalue weighted by molar-refractivity contribution is -0.115. The van der Waals surface area contributed by atoms with E-state index in [-0.39, 0.29) is 18.2 Å². The summed E-state index contributed by atoms with van der Waals surface area (Å²) >= 11 is 0. The number of hydrogen-bond donors (Lipinski definition) is 2. The number of para-hydroxylation sites is 1. The van der Waals surface area contributed by atoms with Crippen molar-refractivity contribution in [3.63, 3.8) is 0 Å². The second-order valence-corrected chi connectivity index (χ2v) is 7.76. The Hall–Kier alpha value is -4.32. The third kappa shape index (κ3) is 5.89. The predicted molar refractivity (Wildman–Crippen MR) is 129 cm³/mol. The van der Waals surface area contributed by atoms with Crippen LogP contribution in [0.2, 0.25) is 0 Å². The van der Waals surface area contributed by atoms with Crippen LogP contribution in [0, 0.1) is 6.92 Å². The van der Waals surface area contributed by atoms with Crippen LogP contribution in [0.4, 0.5) is 11.4 Å². The van der Waals surface area contributed by atoms with Crippen molar-refractivity contribution >= 4 is 23.2 Å². The van der Waals surface area contributed by atoms with Gasteiger partial charge in [0.05, 0.1) is 6.42 Å². The molecule has 0 aliphatic rings. The normalized spacial score (nSPS) is 10.5. The molecule has 2 aromatic heterocycles. The maximum Gasteiger partial charge on any atom is 0.255 e. The molecule has 164 valence electrons. The number of aromatic nitrogens is 2. The first-order valence-corrected chi connectivity index (χ1v) is 10.7. The largest absolute Gasteiger partial charge is 0.326 e. The van der Waals surface area contributed by atoms with Crippen molar-refractivity contribution in [1.29, 1.82) is 0 Å². The summed E-state index contributed by atoms with van der Waals surface area (Å²) in [6, 6.07) is 20.5. The van der Waals surface area contributed by atoms with Crippen LogP contribution in [0.15, 0.2) is 91.5 Å². The van der Waals surface area contributed by atoms with Gasteiger partial charge < -0.3 is 10.6 Å². The molecule has 2 amide bonds. The topological polar surface area (TPSA) is 84.0 Å². The average molecular weight is 437 g/mol. The molecular formula is C27H24N4O2. The summed E-state index contributed by atoms with van der Waals surface area (Å²) in [6.07, 6.45) is 7.77. The number of benzene rings is 2. The lowest BCUT2D eigenvalue weighted by Gasteiger charge is -2.13. The lowest BCUT2D eigenvalue weighted by Crippen LogP contribution is -2.17. The molecule has 0 aliphatic carbocycles. The summed E-state index contributed by atoms with van der Waals surface area (Å²) in [5, 5.41) is 5.92. The number of amides is 2. The molecule has 2 heterocycles. The SMILES string of the molecule is Cc1ccc(C(=O)Nc2ccccc2Cc2cccnc2)cc1NC(=O)Cc1ccncc1. The number of rotatable bonds is 7. The third-order valence-corrected chi connectivity index (χ3v) is 5.27. The fourth-order valence-electron chi connectivity index (χ4n) is 3.49. The molecular weight excluding hydrogens is 412 g/mol. The van der Waals surface area contributed by atoms with Gasteiger partial charge in [-0.3, -0.25) is 19.6 Å². The van der Waals surface area contributed by atoms with Crippen LogP contribution in [-0.2, 0) is 17.6 Å². The molecule has 0 saturated carbocycles. The highest BCUT2D eigenvalue weighted by atomic mass is 16.2. The number of aryl methyl sites for hydroxylation is 1. The summed E-state index contributed by atoms with van der Waals surface area (Å²) in [7, 11) is 0. The van der Waals surface area contributed by atoms with Crippen molar-refractivity contribution in [3.05, 3.63) is 119 Å². The Morgan fingerprint density at radius 2 is 1.61 bits per heavy atom. The summed E-state index contributed by atoms with van der Waals surface area (Å²) in [5.41, 5.74) is 5.65. The standard InChI is InChI=1S/C27H24N4O2/c1-19-8-9-23(17-25(19)30-26(32)16-20-10-13-28-14-11-20)27(33)31-24-7-3-2-6-22(24)15-21-5-4-12-29-18-21/h2-14,17-18H,15-16H2,1H3,(H,30,32)(H,31,33). The second-order valence-electron chi connectivity index (χ2n) is 7.76. The van der Waals surface area contributed by atoms with Gasteiger partial charge in [-0.25, -0.2) is 0 Å². The van der Waals surface area contributed by atoms with Crippen molar-refractivity contribution in [2.75, 3.05) is 10.6 Å². The van der Waals surface area contributed by atoms with E-state index < -0.39 is 0 Å². The maximum atomic E-state index is 13.0. The number of pyridine rings is 2. The second kappa shape index (κ2) is 10.3. The molecule has 2 aromatic carbocycles. The summed E-state index contributed by atoms with van der Waals surface area (Å²) in [4.78, 5) is 33.6. The number of nitrogens with one attached hydrogen (secondary N) is 2. The number of nitrogens with zero attached hydrogens (tertiary/aromatic N) is 2. The van der Waals surface area contributed by atoms with Crippen molar-refractivity contribution in [3.8, 4) is 0 Å². The minimum Gasteiger partial charge on any atom is -0.326 e. The van der Waals surface area contributed by atoms with E-state index >= 15 is 0 Å². The Labute approximate surface area is 192 Å². The lowest BCUT2D eigenvalue weighted by atomic mass is 10.0. The van der Waals surface area contributed by atoms with Gasteiger partial charge in [0.2, 0.25) is 5.91 Å². The zero-order valence-corrected chi connectivity index (χ0v) is 18.3. The maximum absolute atomic E-state index is 13.0. The molecule has 6 nitrogen and oxygen atoms in total. The van der Waals surface area contributed by atoms with Crippen LogP contribution >= 0.6 is 0 Å². The van der Waals surface area contributed by atoms with Gasteiger partial charge in [0.1, 0.15) is 0 Å². The van der Waals surface area contributed by atoms with Crippen molar-refractivity contribution in [2.45, 2.75) is 19.8 Å². The van der Waals surface area contributed by atoms with Gasteiger partial charge in [-0.2, -0.15) is 0 Å². The molecule has 6 heteroatoms. The minimum atomic E-state index is -0.238. The quantitative estimate of drug-likeness (QED) is 0.435. The molecule has 0 aliphatic heterocycles. The molecule has 4 rings (SSSR count). The molecule has 0 spiro atoms. The van der Waals surface area contributed by atoms with E-state index in [1.54, 1.807) is 42.9 Å². The monoisotopic (exact) mass is 436 g/mol. The van der Waals surface area contributed by atoms with Crippen LogP contribution in [0.25, 0.3) is 0 Å². The first kappa shape index (κ1) is 21.9. The van der Waals surface area contributed by atoms with Crippen molar-refractivity contribution in [2.24, 2.45) is 0 Å². The average Bonchev–Trinajstić information content (AvgIpc) is 2.83. The minimum absolute atomic E-state index is 0.149. The first-order chi connectivity index (χ1) is 16.1. The van der Waals surface area contributed by atoms with Gasteiger partial charge in [0.15, 0.2) is 0 Å².